The Balaban J connectivity index is 0.00000288. The number of sulfonamides is 1. The van der Waals surface area contributed by atoms with Gasteiger partial charge >= 0.3 is 0 Å². The highest BCUT2D eigenvalue weighted by molar-refractivity contribution is 7.92. The Bertz CT molecular complexity index is 906. The number of benzene rings is 1. The van der Waals surface area contributed by atoms with E-state index >= 15 is 0 Å². The van der Waals surface area contributed by atoms with Gasteiger partial charge in [-0.2, -0.15) is 0 Å². The zero-order valence-electron chi connectivity index (χ0n) is 13.1. The van der Waals surface area contributed by atoms with Crippen molar-refractivity contribution < 1.29 is 16.8 Å². The number of hydrogen-bond donors (Lipinski definition) is 2. The first-order valence-electron chi connectivity index (χ1n) is 6.79. The summed E-state index contributed by atoms with van der Waals surface area (Å²) < 4.78 is 47.7. The number of sulfone groups is 1. The van der Waals surface area contributed by atoms with E-state index in [-0.39, 0.29) is 32.4 Å². The summed E-state index contributed by atoms with van der Waals surface area (Å²) in [5, 5.41) is 9.53. The Morgan fingerprint density at radius 2 is 1.79 bits per heavy atom. The van der Waals surface area contributed by atoms with Crippen LogP contribution in [0.4, 0.5) is 0 Å². The minimum absolute atomic E-state index is 0. The summed E-state index contributed by atoms with van der Waals surface area (Å²) in [4.78, 5) is 0.0554. The molecule has 24 heavy (non-hydrogen) atoms. The van der Waals surface area contributed by atoms with Crippen molar-refractivity contribution in [1.29, 1.82) is 0 Å². The maximum Gasteiger partial charge on any atom is 0.247 e. The molecular weight excluding hydrogens is 392 g/mol. The fourth-order valence-electron chi connectivity index (χ4n) is 1.87. The number of nitrogens with two attached hydrogens (primary N) is 1. The molecule has 0 radical (unpaired) electrons. The first kappa shape index (κ1) is 21.1. The van der Waals surface area contributed by atoms with Crippen LogP contribution in [0.5, 0.6) is 0 Å². The highest BCUT2D eigenvalue weighted by atomic mass is 35.5. The van der Waals surface area contributed by atoms with Gasteiger partial charge in [0.15, 0.2) is 0 Å². The van der Waals surface area contributed by atoms with Gasteiger partial charge in [0, 0.05) is 18.0 Å². The molecule has 1 aromatic heterocycles. The molecule has 1 aromatic carbocycles. The quantitative estimate of drug-likeness (QED) is 0.758. The molecular formula is C14H19ClN2O4S3. The van der Waals surface area contributed by atoms with E-state index < -0.39 is 19.9 Å². The zero-order valence-corrected chi connectivity index (χ0v) is 16.4. The van der Waals surface area contributed by atoms with E-state index in [0.29, 0.717) is 6.54 Å². The number of primary sulfonamides is 1. The fraction of sp³-hybridized carbons (Fsp3) is 0.286. The molecule has 1 heterocycles. The molecule has 3 N–H and O–H groups in total. The molecule has 0 aliphatic heterocycles. The minimum Gasteiger partial charge on any atom is -0.310 e. The van der Waals surface area contributed by atoms with Gasteiger partial charge in [-0.25, -0.2) is 22.0 Å². The van der Waals surface area contributed by atoms with Gasteiger partial charge in [0.2, 0.25) is 19.9 Å². The van der Waals surface area contributed by atoms with Crippen LogP contribution in [0.2, 0.25) is 0 Å². The summed E-state index contributed by atoms with van der Waals surface area (Å²) in [6.45, 7) is 4.55. The average molecular weight is 411 g/mol. The summed E-state index contributed by atoms with van der Waals surface area (Å²) in [5.74, 6) is 0. The van der Waals surface area contributed by atoms with Crippen LogP contribution < -0.4 is 10.5 Å². The molecule has 134 valence electrons. The minimum atomic E-state index is -3.91. The fourth-order valence-corrected chi connectivity index (χ4v) is 5.25. The second-order valence-corrected chi connectivity index (χ2v) is 9.98. The SMILES string of the molecule is CC(C)NCc1cccc(S(=O)(=O)c2csc(S(N)(=O)=O)c2)c1.Cl. The third-order valence-electron chi connectivity index (χ3n) is 3.07. The van der Waals surface area contributed by atoms with E-state index in [1.54, 1.807) is 12.1 Å². The van der Waals surface area contributed by atoms with Gasteiger partial charge in [-0.15, -0.1) is 23.7 Å². The average Bonchev–Trinajstić information content (AvgIpc) is 2.96. The van der Waals surface area contributed by atoms with Crippen LogP contribution in [-0.4, -0.2) is 22.9 Å². The van der Waals surface area contributed by atoms with Gasteiger partial charge in [0.25, 0.3) is 0 Å². The lowest BCUT2D eigenvalue weighted by atomic mass is 10.2. The lowest BCUT2D eigenvalue weighted by molar-refractivity contribution is 0.586. The molecule has 10 heteroatoms. The summed E-state index contributed by atoms with van der Waals surface area (Å²) >= 11 is 0.792. The molecule has 0 aliphatic carbocycles. The standard InChI is InChI=1S/C14H18N2O4S3.ClH/c1-10(2)16-8-11-4-3-5-12(6-11)22(17,18)13-7-14(21-9-13)23(15,19)20;/h3-7,9-10,16H,8H2,1-2H3,(H2,15,19,20);1H. The largest absolute Gasteiger partial charge is 0.310 e. The Kier molecular flexibility index (Phi) is 6.97. The van der Waals surface area contributed by atoms with Crippen LogP contribution in [0.25, 0.3) is 0 Å². The second kappa shape index (κ2) is 7.94. The molecule has 0 atom stereocenters. The monoisotopic (exact) mass is 410 g/mol. The molecule has 0 saturated carbocycles. The highest BCUT2D eigenvalue weighted by Crippen LogP contribution is 2.28. The van der Waals surface area contributed by atoms with Crippen molar-refractivity contribution in [3.63, 3.8) is 0 Å². The number of halogens is 1. The third kappa shape index (κ3) is 5.01. The Labute approximate surface area is 152 Å². The molecule has 0 saturated heterocycles. The van der Waals surface area contributed by atoms with E-state index in [4.69, 9.17) is 5.14 Å². The van der Waals surface area contributed by atoms with Gasteiger partial charge in [-0.3, -0.25) is 0 Å². The lowest BCUT2D eigenvalue weighted by Crippen LogP contribution is -2.21. The Morgan fingerprint density at radius 1 is 1.12 bits per heavy atom. The van der Waals surface area contributed by atoms with Crippen molar-refractivity contribution >= 4 is 43.6 Å². The lowest BCUT2D eigenvalue weighted by Gasteiger charge is -2.09. The normalized spacial score (nSPS) is 12.2. The van der Waals surface area contributed by atoms with Crippen molar-refractivity contribution in [2.24, 2.45) is 5.14 Å². The summed E-state index contributed by atoms with van der Waals surface area (Å²) in [7, 11) is -7.68. The molecule has 0 bridgehead atoms. The maximum atomic E-state index is 12.6. The predicted molar refractivity (Wildman–Crippen MR) is 96.8 cm³/mol. The second-order valence-electron chi connectivity index (χ2n) is 5.33. The van der Waals surface area contributed by atoms with Crippen molar-refractivity contribution in [1.82, 2.24) is 5.32 Å². The van der Waals surface area contributed by atoms with Crippen LogP contribution in [0.15, 0.2) is 49.7 Å². The molecule has 0 amide bonds. The van der Waals surface area contributed by atoms with Gasteiger partial charge in [0.05, 0.1) is 9.79 Å². The van der Waals surface area contributed by atoms with E-state index in [1.807, 2.05) is 19.9 Å². The van der Waals surface area contributed by atoms with E-state index in [9.17, 15) is 16.8 Å². The Hall–Kier alpha value is -0.970. The van der Waals surface area contributed by atoms with E-state index in [0.717, 1.165) is 23.0 Å². The van der Waals surface area contributed by atoms with Crippen LogP contribution in [-0.2, 0) is 26.4 Å². The Morgan fingerprint density at radius 3 is 2.33 bits per heavy atom. The first-order chi connectivity index (χ1) is 10.6. The molecule has 2 rings (SSSR count). The summed E-state index contributed by atoms with van der Waals surface area (Å²) in [6.07, 6.45) is 0. The van der Waals surface area contributed by atoms with E-state index in [2.05, 4.69) is 5.32 Å². The van der Waals surface area contributed by atoms with Gasteiger partial charge in [-0.1, -0.05) is 26.0 Å². The van der Waals surface area contributed by atoms with E-state index in [1.165, 1.54) is 11.4 Å². The number of hydrogen-bond acceptors (Lipinski definition) is 6. The van der Waals surface area contributed by atoms with Crippen LogP contribution in [0.1, 0.15) is 19.4 Å². The molecule has 0 fully saturated rings. The number of nitrogens with one attached hydrogen (secondary N) is 1. The van der Waals surface area contributed by atoms with Crippen LogP contribution >= 0.6 is 23.7 Å². The molecule has 2 aromatic rings. The van der Waals surface area contributed by atoms with Crippen LogP contribution in [0, 0.1) is 0 Å². The smallest absolute Gasteiger partial charge is 0.247 e. The van der Waals surface area contributed by atoms with Gasteiger partial charge < -0.3 is 5.32 Å². The predicted octanol–water partition coefficient (Wildman–Crippen LogP) is 2.15. The number of rotatable bonds is 6. The van der Waals surface area contributed by atoms with Gasteiger partial charge in [-0.05, 0) is 23.8 Å². The van der Waals surface area contributed by atoms with Crippen LogP contribution in [0.3, 0.4) is 0 Å². The maximum absolute atomic E-state index is 12.6. The number of thiophene rings is 1. The summed E-state index contributed by atoms with van der Waals surface area (Å²) in [6, 6.07) is 7.94. The van der Waals surface area contributed by atoms with Crippen molar-refractivity contribution in [3.05, 3.63) is 41.3 Å². The van der Waals surface area contributed by atoms with Gasteiger partial charge in [0.1, 0.15) is 4.21 Å². The molecule has 0 spiro atoms. The highest BCUT2D eigenvalue weighted by Gasteiger charge is 2.22. The third-order valence-corrected chi connectivity index (χ3v) is 7.33. The zero-order chi connectivity index (χ0) is 17.3. The molecule has 6 nitrogen and oxygen atoms in total. The van der Waals surface area contributed by atoms with Crippen molar-refractivity contribution in [2.75, 3.05) is 0 Å². The first-order valence-corrected chi connectivity index (χ1v) is 10.7. The molecule has 0 unspecified atom stereocenters. The van der Waals surface area contributed by atoms with Crippen molar-refractivity contribution in [2.45, 2.75) is 40.4 Å². The molecule has 0 aliphatic rings. The summed E-state index contributed by atoms with van der Waals surface area (Å²) in [5.41, 5.74) is 0.835. The van der Waals surface area contributed by atoms with Crippen molar-refractivity contribution in [3.8, 4) is 0 Å². The topological polar surface area (TPSA) is 106 Å².